The number of aromatic nitrogens is 4. The lowest BCUT2D eigenvalue weighted by molar-refractivity contribution is -0.176. The normalized spacial score (nSPS) is 23.4. The molecular weight excluding hydrogens is 497 g/mol. The van der Waals surface area contributed by atoms with Crippen molar-refractivity contribution >= 4 is 40.6 Å². The highest BCUT2D eigenvalue weighted by Crippen LogP contribution is 2.33. The Kier molecular flexibility index (Phi) is 8.74. The number of alkyl halides is 3. The van der Waals surface area contributed by atoms with E-state index in [4.69, 9.17) is 15.2 Å². The molecular formula is C19H25F3N6O6S. The highest BCUT2D eigenvalue weighted by atomic mass is 32.2. The Morgan fingerprint density at radius 3 is 2.74 bits per heavy atom. The summed E-state index contributed by atoms with van der Waals surface area (Å²) in [7, 11) is 0. The summed E-state index contributed by atoms with van der Waals surface area (Å²) in [4.78, 5) is 35.4. The van der Waals surface area contributed by atoms with Gasteiger partial charge in [-0.1, -0.05) is 6.92 Å². The summed E-state index contributed by atoms with van der Waals surface area (Å²) in [6.07, 6.45) is -6.71. The fraction of sp³-hybridized carbons (Fsp3) is 0.632. The van der Waals surface area contributed by atoms with E-state index >= 15 is 0 Å². The zero-order valence-electron chi connectivity index (χ0n) is 18.5. The van der Waals surface area contributed by atoms with Crippen LogP contribution in [0.3, 0.4) is 0 Å². The number of esters is 1. The van der Waals surface area contributed by atoms with Gasteiger partial charge in [-0.15, -0.1) is 0 Å². The molecule has 1 fully saturated rings. The zero-order chi connectivity index (χ0) is 25.8. The maximum absolute atomic E-state index is 12.6. The van der Waals surface area contributed by atoms with Crippen LogP contribution in [0.4, 0.5) is 19.0 Å². The molecule has 0 aliphatic carbocycles. The van der Waals surface area contributed by atoms with Crippen LogP contribution in [0.5, 0.6) is 0 Å². The van der Waals surface area contributed by atoms with E-state index in [1.54, 1.807) is 12.2 Å². The van der Waals surface area contributed by atoms with Crippen molar-refractivity contribution in [3.8, 4) is 0 Å². The van der Waals surface area contributed by atoms with E-state index in [1.807, 2.05) is 0 Å². The fourth-order valence-electron chi connectivity index (χ4n) is 3.35. The second kappa shape index (κ2) is 11.4. The number of thioether (sulfide) groups is 1. The molecule has 3 rings (SSSR count). The summed E-state index contributed by atoms with van der Waals surface area (Å²) in [6, 6.07) is -1.49. The van der Waals surface area contributed by atoms with E-state index in [0.717, 1.165) is 11.8 Å². The van der Waals surface area contributed by atoms with Crippen LogP contribution in [0.15, 0.2) is 12.7 Å². The molecule has 0 spiro atoms. The summed E-state index contributed by atoms with van der Waals surface area (Å²) < 4.78 is 49.9. The number of nitrogen functional groups attached to an aromatic ring is 1. The van der Waals surface area contributed by atoms with E-state index in [0.29, 0.717) is 17.6 Å². The van der Waals surface area contributed by atoms with Gasteiger partial charge in [-0.3, -0.25) is 9.36 Å². The lowest BCUT2D eigenvalue weighted by Crippen LogP contribution is -2.47. The molecule has 3 heterocycles. The monoisotopic (exact) mass is 522 g/mol. The van der Waals surface area contributed by atoms with E-state index < -0.39 is 48.6 Å². The van der Waals surface area contributed by atoms with Crippen LogP contribution in [-0.4, -0.2) is 90.3 Å². The number of imidazole rings is 1. The number of rotatable bonds is 10. The number of ether oxygens (including phenoxy) is 2. The van der Waals surface area contributed by atoms with Gasteiger partial charge < -0.3 is 30.7 Å². The summed E-state index contributed by atoms with van der Waals surface area (Å²) in [5.74, 6) is -2.79. The number of aliphatic hydroxyl groups is 2. The van der Waals surface area contributed by atoms with E-state index in [1.165, 1.54) is 17.2 Å². The molecule has 1 aliphatic rings. The van der Waals surface area contributed by atoms with Crippen molar-refractivity contribution in [2.45, 2.75) is 56.5 Å². The van der Waals surface area contributed by atoms with Crippen molar-refractivity contribution in [1.82, 2.24) is 24.8 Å². The van der Waals surface area contributed by atoms with Gasteiger partial charge in [-0.25, -0.2) is 19.7 Å². The number of nitrogens with zero attached hydrogens (tertiary/aromatic N) is 4. The van der Waals surface area contributed by atoms with Crippen molar-refractivity contribution in [3.63, 3.8) is 0 Å². The van der Waals surface area contributed by atoms with Crippen molar-refractivity contribution in [2.75, 3.05) is 23.8 Å². The molecule has 0 bridgehead atoms. The van der Waals surface area contributed by atoms with E-state index in [9.17, 15) is 33.0 Å². The van der Waals surface area contributed by atoms with Gasteiger partial charge in [0.25, 0.3) is 0 Å². The Morgan fingerprint density at radius 2 is 2.06 bits per heavy atom. The number of nitrogens with two attached hydrogens (primary N) is 1. The average Bonchev–Trinajstić information content (AvgIpc) is 3.35. The molecule has 0 radical (unpaired) electrons. The number of halogens is 3. The van der Waals surface area contributed by atoms with Crippen LogP contribution in [0, 0.1) is 0 Å². The molecule has 194 valence electrons. The zero-order valence-corrected chi connectivity index (χ0v) is 19.3. The third kappa shape index (κ3) is 6.31. The summed E-state index contributed by atoms with van der Waals surface area (Å²) in [5.41, 5.74) is 6.37. The molecule has 0 saturated carbocycles. The fourth-order valence-corrected chi connectivity index (χ4v) is 4.42. The van der Waals surface area contributed by atoms with Crippen molar-refractivity contribution in [1.29, 1.82) is 0 Å². The average molecular weight is 523 g/mol. The number of carbonyl (C=O) groups is 2. The predicted octanol–water partition coefficient (Wildman–Crippen LogP) is 0.151. The van der Waals surface area contributed by atoms with Crippen LogP contribution in [0.25, 0.3) is 11.2 Å². The molecule has 5 N–H and O–H groups in total. The number of aliphatic hydroxyl groups excluding tert-OH is 2. The Balaban J connectivity index is 1.57. The quantitative estimate of drug-likeness (QED) is 0.247. The number of hydrogen-bond donors (Lipinski definition) is 4. The van der Waals surface area contributed by atoms with Crippen LogP contribution >= 0.6 is 11.8 Å². The first kappa shape index (κ1) is 26.9. The summed E-state index contributed by atoms with van der Waals surface area (Å²) in [6.45, 7) is 1.72. The standard InChI is InChI=1S/C19H25F3N6O6S/c1-2-4-33-17(31)9(27-18(32)19(20,21)22)3-5-35-6-10-12(29)13(30)16(34-10)28-8-26-11-14(23)24-7-25-15(11)28/h7-10,12-13,16,29-30H,2-6H2,1H3,(H,27,32)(H2,23,24,25)/t9-,10+,12+,13+,16+/m0/s1. The third-order valence-electron chi connectivity index (χ3n) is 5.13. The number of anilines is 1. The Morgan fingerprint density at radius 1 is 1.31 bits per heavy atom. The minimum absolute atomic E-state index is 0.00521. The van der Waals surface area contributed by atoms with E-state index in [2.05, 4.69) is 15.0 Å². The maximum Gasteiger partial charge on any atom is 0.471 e. The molecule has 0 unspecified atom stereocenters. The van der Waals surface area contributed by atoms with Gasteiger partial charge in [-0.2, -0.15) is 24.9 Å². The number of amides is 1. The SMILES string of the molecule is CCCOC(=O)[C@H](CCSC[C@H]1O[C@@H](n2cnc3c(N)ncnc32)[C@H](O)[C@@H]1O)NC(=O)C(F)(F)F. The predicted molar refractivity (Wildman–Crippen MR) is 117 cm³/mol. The lowest BCUT2D eigenvalue weighted by Gasteiger charge is -2.19. The number of hydrogen-bond acceptors (Lipinski definition) is 11. The van der Waals surface area contributed by atoms with Crippen molar-refractivity contribution < 1.29 is 42.4 Å². The van der Waals surface area contributed by atoms with Gasteiger partial charge in [0.15, 0.2) is 17.7 Å². The Hall–Kier alpha value is -2.69. The molecule has 35 heavy (non-hydrogen) atoms. The number of nitrogens with one attached hydrogen (secondary N) is 1. The molecule has 0 aromatic carbocycles. The molecule has 5 atom stereocenters. The van der Waals surface area contributed by atoms with Gasteiger partial charge >= 0.3 is 18.1 Å². The first-order valence-corrected chi connectivity index (χ1v) is 11.8. The van der Waals surface area contributed by atoms with Gasteiger partial charge in [0.1, 0.15) is 30.1 Å². The van der Waals surface area contributed by atoms with Crippen molar-refractivity contribution in [2.24, 2.45) is 0 Å². The topological polar surface area (TPSA) is 175 Å². The number of carbonyl (C=O) groups excluding carboxylic acids is 2. The first-order valence-electron chi connectivity index (χ1n) is 10.6. The summed E-state index contributed by atoms with van der Waals surface area (Å²) in [5, 5.41) is 22.6. The molecule has 16 heteroatoms. The second-order valence-corrected chi connectivity index (χ2v) is 8.83. The van der Waals surface area contributed by atoms with E-state index in [-0.39, 0.29) is 30.4 Å². The molecule has 1 saturated heterocycles. The van der Waals surface area contributed by atoms with Crippen LogP contribution < -0.4 is 11.1 Å². The van der Waals surface area contributed by atoms with Crippen LogP contribution in [-0.2, 0) is 19.1 Å². The molecule has 12 nitrogen and oxygen atoms in total. The third-order valence-corrected chi connectivity index (χ3v) is 6.22. The summed E-state index contributed by atoms with van der Waals surface area (Å²) >= 11 is 1.16. The van der Waals surface area contributed by atoms with Gasteiger partial charge in [0, 0.05) is 5.75 Å². The molecule has 2 aromatic rings. The highest BCUT2D eigenvalue weighted by molar-refractivity contribution is 7.99. The lowest BCUT2D eigenvalue weighted by atomic mass is 10.1. The first-order chi connectivity index (χ1) is 16.5. The molecule has 1 aliphatic heterocycles. The molecule has 2 aromatic heterocycles. The van der Waals surface area contributed by atoms with Crippen LogP contribution in [0.2, 0.25) is 0 Å². The maximum atomic E-state index is 12.6. The van der Waals surface area contributed by atoms with Crippen LogP contribution in [0.1, 0.15) is 26.0 Å². The minimum Gasteiger partial charge on any atom is -0.464 e. The van der Waals surface area contributed by atoms with Crippen molar-refractivity contribution in [3.05, 3.63) is 12.7 Å². The Labute approximate surface area is 201 Å². The largest absolute Gasteiger partial charge is 0.471 e. The van der Waals surface area contributed by atoms with Gasteiger partial charge in [0.05, 0.1) is 19.0 Å². The van der Waals surface area contributed by atoms with Gasteiger partial charge in [0.2, 0.25) is 0 Å². The highest BCUT2D eigenvalue weighted by Gasteiger charge is 2.44. The molecule has 1 amide bonds. The Bertz CT molecular complexity index is 1040. The minimum atomic E-state index is -5.14. The van der Waals surface area contributed by atoms with Gasteiger partial charge in [-0.05, 0) is 18.6 Å². The smallest absolute Gasteiger partial charge is 0.464 e. The second-order valence-electron chi connectivity index (χ2n) is 7.68. The number of fused-ring (bicyclic) bond motifs is 1.